The molecule has 1 fully saturated rings. The first-order valence-corrected chi connectivity index (χ1v) is 5.63. The predicted octanol–water partition coefficient (Wildman–Crippen LogP) is 1.10. The van der Waals surface area contributed by atoms with Crippen molar-refractivity contribution in [2.24, 2.45) is 0 Å². The Bertz CT molecular complexity index is 142. The predicted molar refractivity (Wildman–Crippen MR) is 50.4 cm³/mol. The van der Waals surface area contributed by atoms with Crippen molar-refractivity contribution >= 4 is 11.8 Å². The summed E-state index contributed by atoms with van der Waals surface area (Å²) in [6, 6.07) is 0.314. The summed E-state index contributed by atoms with van der Waals surface area (Å²) in [7, 11) is 0. The van der Waals surface area contributed by atoms with E-state index in [2.05, 4.69) is 5.32 Å². The summed E-state index contributed by atoms with van der Waals surface area (Å²) in [5.74, 6) is 2.17. The second kappa shape index (κ2) is 5.78. The van der Waals surface area contributed by atoms with Crippen molar-refractivity contribution in [2.45, 2.75) is 31.4 Å². The lowest BCUT2D eigenvalue weighted by molar-refractivity contribution is -0.00472. The number of rotatable bonds is 4. The number of halogens is 2. The number of nitrogens with one attached hydrogen (secondary N) is 1. The van der Waals surface area contributed by atoms with E-state index in [1.165, 1.54) is 0 Å². The summed E-state index contributed by atoms with van der Waals surface area (Å²) in [6.07, 6.45) is -2.12. The van der Waals surface area contributed by atoms with Crippen LogP contribution in [0.5, 0.6) is 0 Å². The van der Waals surface area contributed by atoms with E-state index in [1.54, 1.807) is 0 Å². The lowest BCUT2D eigenvalue weighted by Crippen LogP contribution is -2.40. The molecule has 1 atom stereocenters. The summed E-state index contributed by atoms with van der Waals surface area (Å²) in [6.45, 7) is 0.00694. The van der Waals surface area contributed by atoms with E-state index in [-0.39, 0.29) is 6.54 Å². The molecule has 5 heteroatoms. The highest BCUT2D eigenvalue weighted by Crippen LogP contribution is 2.16. The van der Waals surface area contributed by atoms with Crippen LogP contribution in [-0.2, 0) is 0 Å². The first kappa shape index (κ1) is 11.2. The maximum absolute atomic E-state index is 11.9. The van der Waals surface area contributed by atoms with Crippen LogP contribution in [0, 0.1) is 0 Å². The van der Waals surface area contributed by atoms with Gasteiger partial charge in [-0.1, -0.05) is 0 Å². The first-order valence-electron chi connectivity index (χ1n) is 4.47. The monoisotopic (exact) mass is 211 g/mol. The SMILES string of the molecule is OC(CNC1CCSCC1)C(F)F. The molecule has 0 amide bonds. The molecule has 0 bridgehead atoms. The third kappa shape index (κ3) is 4.24. The van der Waals surface area contributed by atoms with E-state index in [9.17, 15) is 8.78 Å². The van der Waals surface area contributed by atoms with Gasteiger partial charge in [0.15, 0.2) is 0 Å². The van der Waals surface area contributed by atoms with Crippen LogP contribution in [0.3, 0.4) is 0 Å². The molecule has 0 aliphatic carbocycles. The molecular formula is C8H15F2NOS. The van der Waals surface area contributed by atoms with Crippen LogP contribution in [0.25, 0.3) is 0 Å². The minimum Gasteiger partial charge on any atom is -0.386 e. The van der Waals surface area contributed by atoms with Gasteiger partial charge in [0.25, 0.3) is 6.43 Å². The van der Waals surface area contributed by atoms with E-state index >= 15 is 0 Å². The first-order chi connectivity index (χ1) is 6.20. The summed E-state index contributed by atoms with van der Waals surface area (Å²) >= 11 is 1.89. The van der Waals surface area contributed by atoms with Gasteiger partial charge in [-0.15, -0.1) is 0 Å². The maximum Gasteiger partial charge on any atom is 0.265 e. The van der Waals surface area contributed by atoms with E-state index in [1.807, 2.05) is 11.8 Å². The molecule has 2 nitrogen and oxygen atoms in total. The Morgan fingerprint density at radius 2 is 2.00 bits per heavy atom. The molecule has 0 aromatic rings. The smallest absolute Gasteiger partial charge is 0.265 e. The number of aliphatic hydroxyl groups is 1. The fraction of sp³-hybridized carbons (Fsp3) is 1.00. The molecule has 1 unspecified atom stereocenters. The Kier molecular flexibility index (Phi) is 4.98. The average molecular weight is 211 g/mol. The number of aliphatic hydroxyl groups excluding tert-OH is 1. The molecule has 1 rings (SSSR count). The zero-order valence-corrected chi connectivity index (χ0v) is 8.20. The van der Waals surface area contributed by atoms with Gasteiger partial charge in [0.05, 0.1) is 0 Å². The number of hydrogen-bond donors (Lipinski definition) is 2. The molecule has 1 saturated heterocycles. The van der Waals surface area contributed by atoms with Crippen molar-refractivity contribution in [3.63, 3.8) is 0 Å². The van der Waals surface area contributed by atoms with Crippen molar-refractivity contribution < 1.29 is 13.9 Å². The summed E-state index contributed by atoms with van der Waals surface area (Å²) < 4.78 is 23.8. The lowest BCUT2D eigenvalue weighted by Gasteiger charge is -2.23. The lowest BCUT2D eigenvalue weighted by atomic mass is 10.1. The van der Waals surface area contributed by atoms with Crippen molar-refractivity contribution in [3.05, 3.63) is 0 Å². The second-order valence-electron chi connectivity index (χ2n) is 3.20. The Morgan fingerprint density at radius 1 is 1.38 bits per heavy atom. The molecule has 1 aliphatic rings. The van der Waals surface area contributed by atoms with Crippen LogP contribution in [0.2, 0.25) is 0 Å². The van der Waals surface area contributed by atoms with Gasteiger partial charge < -0.3 is 10.4 Å². The molecular weight excluding hydrogens is 196 g/mol. The highest BCUT2D eigenvalue weighted by molar-refractivity contribution is 7.99. The average Bonchev–Trinajstić information content (AvgIpc) is 2.15. The third-order valence-electron chi connectivity index (χ3n) is 2.13. The molecule has 0 saturated carbocycles. The van der Waals surface area contributed by atoms with E-state index in [0.717, 1.165) is 24.3 Å². The molecule has 0 aromatic carbocycles. The fourth-order valence-electron chi connectivity index (χ4n) is 1.28. The summed E-state index contributed by atoms with van der Waals surface area (Å²) in [4.78, 5) is 0. The van der Waals surface area contributed by atoms with Gasteiger partial charge in [0, 0.05) is 12.6 Å². The molecule has 1 aliphatic heterocycles. The molecule has 13 heavy (non-hydrogen) atoms. The van der Waals surface area contributed by atoms with Gasteiger partial charge in [-0.2, -0.15) is 11.8 Å². The van der Waals surface area contributed by atoms with Crippen LogP contribution >= 0.6 is 11.8 Å². The second-order valence-corrected chi connectivity index (χ2v) is 4.42. The molecule has 2 N–H and O–H groups in total. The van der Waals surface area contributed by atoms with E-state index in [4.69, 9.17) is 5.11 Å². The highest BCUT2D eigenvalue weighted by Gasteiger charge is 2.19. The van der Waals surface area contributed by atoms with Gasteiger partial charge in [-0.25, -0.2) is 8.78 Å². The molecule has 78 valence electrons. The highest BCUT2D eigenvalue weighted by atomic mass is 32.2. The van der Waals surface area contributed by atoms with Gasteiger partial charge in [0.1, 0.15) is 6.10 Å². The maximum atomic E-state index is 11.9. The summed E-state index contributed by atoms with van der Waals surface area (Å²) in [5.41, 5.74) is 0. The standard InChI is InChI=1S/C8H15F2NOS/c9-8(10)7(12)5-11-6-1-3-13-4-2-6/h6-8,11-12H,1-5H2. The summed E-state index contributed by atoms with van der Waals surface area (Å²) in [5, 5.41) is 11.8. The normalized spacial score (nSPS) is 22.2. The number of thioether (sulfide) groups is 1. The molecule has 0 radical (unpaired) electrons. The Labute approximate surface area is 81.1 Å². The van der Waals surface area contributed by atoms with Crippen LogP contribution < -0.4 is 5.32 Å². The van der Waals surface area contributed by atoms with Crippen LogP contribution in [0.1, 0.15) is 12.8 Å². The van der Waals surface area contributed by atoms with Crippen LogP contribution in [0.15, 0.2) is 0 Å². The van der Waals surface area contributed by atoms with Gasteiger partial charge in [-0.3, -0.25) is 0 Å². The zero-order valence-electron chi connectivity index (χ0n) is 7.38. The minimum atomic E-state index is -2.63. The quantitative estimate of drug-likeness (QED) is 0.730. The third-order valence-corrected chi connectivity index (χ3v) is 3.18. The topological polar surface area (TPSA) is 32.3 Å². The zero-order chi connectivity index (χ0) is 9.68. The Hall–Kier alpha value is 0.130. The van der Waals surface area contributed by atoms with Crippen molar-refractivity contribution in [1.29, 1.82) is 0 Å². The van der Waals surface area contributed by atoms with E-state index < -0.39 is 12.5 Å². The van der Waals surface area contributed by atoms with Crippen molar-refractivity contribution in [3.8, 4) is 0 Å². The van der Waals surface area contributed by atoms with Gasteiger partial charge in [-0.05, 0) is 24.3 Å². The fourth-order valence-corrected chi connectivity index (χ4v) is 2.38. The molecule has 0 spiro atoms. The number of hydrogen-bond acceptors (Lipinski definition) is 3. The van der Waals surface area contributed by atoms with Gasteiger partial charge in [0.2, 0.25) is 0 Å². The number of alkyl halides is 2. The van der Waals surface area contributed by atoms with Crippen LogP contribution in [0.4, 0.5) is 8.78 Å². The van der Waals surface area contributed by atoms with E-state index in [0.29, 0.717) is 6.04 Å². The van der Waals surface area contributed by atoms with Crippen molar-refractivity contribution in [2.75, 3.05) is 18.1 Å². The minimum absolute atomic E-state index is 0.00694. The van der Waals surface area contributed by atoms with Gasteiger partial charge >= 0.3 is 0 Å². The van der Waals surface area contributed by atoms with Crippen molar-refractivity contribution in [1.82, 2.24) is 5.32 Å². The Morgan fingerprint density at radius 3 is 2.54 bits per heavy atom. The molecule has 0 aromatic heterocycles. The van der Waals surface area contributed by atoms with Crippen LogP contribution in [-0.4, -0.2) is 41.7 Å². The Balaban J connectivity index is 2.10. The molecule has 1 heterocycles. The largest absolute Gasteiger partial charge is 0.386 e.